The van der Waals surface area contributed by atoms with E-state index in [-0.39, 0.29) is 5.92 Å². The summed E-state index contributed by atoms with van der Waals surface area (Å²) in [6.45, 7) is 1.98. The third kappa shape index (κ3) is 2.98. The highest BCUT2D eigenvalue weighted by Crippen LogP contribution is 2.28. The molecule has 0 saturated heterocycles. The van der Waals surface area contributed by atoms with E-state index in [2.05, 4.69) is 0 Å². The average Bonchev–Trinajstić information content (AvgIpc) is 2.26. The van der Waals surface area contributed by atoms with Crippen LogP contribution in [0.25, 0.3) is 0 Å². The van der Waals surface area contributed by atoms with E-state index in [1.165, 1.54) is 0 Å². The first-order valence-electron chi connectivity index (χ1n) is 4.72. The Morgan fingerprint density at radius 2 is 1.87 bits per heavy atom. The third-order valence-corrected chi connectivity index (χ3v) is 2.68. The molecule has 15 heavy (non-hydrogen) atoms. The van der Waals surface area contributed by atoms with Crippen LogP contribution in [0.5, 0.6) is 0 Å². The molecule has 1 atom stereocenters. The number of hydrogen-bond acceptors (Lipinski definition) is 2. The van der Waals surface area contributed by atoms with Crippen LogP contribution in [-0.2, 0) is 0 Å². The molecule has 0 bridgehead atoms. The van der Waals surface area contributed by atoms with Crippen LogP contribution in [0.3, 0.4) is 0 Å². The SMILES string of the molecule is CC(CC(C#N)C#N)c1ccccc1Cl. The molecule has 0 fully saturated rings. The van der Waals surface area contributed by atoms with Gasteiger partial charge in [0.2, 0.25) is 0 Å². The molecular weight excluding hydrogens is 208 g/mol. The molecule has 3 heteroatoms. The van der Waals surface area contributed by atoms with Gasteiger partial charge in [0, 0.05) is 5.02 Å². The van der Waals surface area contributed by atoms with E-state index in [9.17, 15) is 0 Å². The normalized spacial score (nSPS) is 11.8. The number of nitrogens with zero attached hydrogens (tertiary/aromatic N) is 2. The van der Waals surface area contributed by atoms with Crippen molar-refractivity contribution in [2.45, 2.75) is 19.3 Å². The number of benzene rings is 1. The monoisotopic (exact) mass is 218 g/mol. The largest absolute Gasteiger partial charge is 0.197 e. The summed E-state index contributed by atoms with van der Waals surface area (Å²) < 4.78 is 0. The van der Waals surface area contributed by atoms with Gasteiger partial charge in [0.1, 0.15) is 5.92 Å². The Labute approximate surface area is 94.7 Å². The zero-order valence-electron chi connectivity index (χ0n) is 8.44. The Kier molecular flexibility index (Phi) is 4.16. The Hall–Kier alpha value is -1.51. The molecule has 0 amide bonds. The summed E-state index contributed by atoms with van der Waals surface area (Å²) in [5.41, 5.74) is 0.995. The quantitative estimate of drug-likeness (QED) is 0.780. The lowest BCUT2D eigenvalue weighted by Crippen LogP contribution is -2.02. The van der Waals surface area contributed by atoms with Crippen LogP contribution in [0.15, 0.2) is 24.3 Å². The summed E-state index contributed by atoms with van der Waals surface area (Å²) in [6, 6.07) is 11.5. The summed E-state index contributed by atoms with van der Waals surface area (Å²) in [4.78, 5) is 0. The average molecular weight is 219 g/mol. The van der Waals surface area contributed by atoms with Gasteiger partial charge in [-0.3, -0.25) is 0 Å². The van der Waals surface area contributed by atoms with Gasteiger partial charge in [0.25, 0.3) is 0 Å². The minimum Gasteiger partial charge on any atom is -0.197 e. The summed E-state index contributed by atoms with van der Waals surface area (Å²) in [7, 11) is 0. The van der Waals surface area contributed by atoms with E-state index >= 15 is 0 Å². The lowest BCUT2D eigenvalue weighted by atomic mass is 9.91. The van der Waals surface area contributed by atoms with Crippen LogP contribution in [0.2, 0.25) is 5.02 Å². The molecule has 1 unspecified atom stereocenters. The molecular formula is C12H11ClN2. The van der Waals surface area contributed by atoms with Gasteiger partial charge in [-0.1, -0.05) is 36.7 Å². The van der Waals surface area contributed by atoms with Crippen molar-refractivity contribution in [1.29, 1.82) is 10.5 Å². The van der Waals surface area contributed by atoms with Crippen molar-refractivity contribution in [1.82, 2.24) is 0 Å². The molecule has 0 aliphatic heterocycles. The highest BCUT2D eigenvalue weighted by molar-refractivity contribution is 6.31. The number of nitriles is 2. The van der Waals surface area contributed by atoms with Crippen LogP contribution in [-0.4, -0.2) is 0 Å². The molecule has 0 aliphatic carbocycles. The van der Waals surface area contributed by atoms with Gasteiger partial charge in [-0.05, 0) is 24.0 Å². The van der Waals surface area contributed by atoms with Crippen molar-refractivity contribution in [3.63, 3.8) is 0 Å². The second-order valence-electron chi connectivity index (χ2n) is 3.47. The van der Waals surface area contributed by atoms with E-state index in [0.717, 1.165) is 5.56 Å². The molecule has 0 aromatic heterocycles. The van der Waals surface area contributed by atoms with Crippen LogP contribution in [0.1, 0.15) is 24.8 Å². The Morgan fingerprint density at radius 1 is 1.27 bits per heavy atom. The number of halogens is 1. The van der Waals surface area contributed by atoms with E-state index < -0.39 is 5.92 Å². The van der Waals surface area contributed by atoms with Crippen molar-refractivity contribution < 1.29 is 0 Å². The lowest BCUT2D eigenvalue weighted by molar-refractivity contribution is 0.624. The fourth-order valence-electron chi connectivity index (χ4n) is 1.49. The molecule has 0 radical (unpaired) electrons. The van der Waals surface area contributed by atoms with Gasteiger partial charge >= 0.3 is 0 Å². The first-order valence-corrected chi connectivity index (χ1v) is 5.10. The molecule has 76 valence electrons. The van der Waals surface area contributed by atoms with Gasteiger partial charge in [-0.2, -0.15) is 10.5 Å². The van der Waals surface area contributed by atoms with Gasteiger partial charge < -0.3 is 0 Å². The predicted molar refractivity (Wildman–Crippen MR) is 59.2 cm³/mol. The molecule has 1 aromatic carbocycles. The fraction of sp³-hybridized carbons (Fsp3) is 0.333. The maximum atomic E-state index is 8.69. The molecule has 0 heterocycles. The standard InChI is InChI=1S/C12H11ClN2/c1-9(6-10(7-14)8-15)11-4-2-3-5-12(11)13/h2-5,9-10H,6H2,1H3. The zero-order chi connectivity index (χ0) is 11.3. The predicted octanol–water partition coefficient (Wildman–Crippen LogP) is 3.50. The minimum atomic E-state index is -0.559. The van der Waals surface area contributed by atoms with Crippen LogP contribution >= 0.6 is 11.6 Å². The van der Waals surface area contributed by atoms with Gasteiger partial charge in [-0.25, -0.2) is 0 Å². The molecule has 0 aliphatic rings. The second kappa shape index (κ2) is 5.39. The van der Waals surface area contributed by atoms with E-state index in [4.69, 9.17) is 22.1 Å². The maximum Gasteiger partial charge on any atom is 0.133 e. The fourth-order valence-corrected chi connectivity index (χ4v) is 1.81. The minimum absolute atomic E-state index is 0.128. The topological polar surface area (TPSA) is 47.6 Å². The molecule has 1 rings (SSSR count). The summed E-state index contributed by atoms with van der Waals surface area (Å²) in [5.74, 6) is -0.431. The van der Waals surface area contributed by atoms with Crippen molar-refractivity contribution in [3.8, 4) is 12.1 Å². The first kappa shape index (κ1) is 11.6. The van der Waals surface area contributed by atoms with E-state index in [1.54, 1.807) is 0 Å². The Bertz CT molecular complexity index is 400. The molecule has 0 saturated carbocycles. The van der Waals surface area contributed by atoms with Crippen molar-refractivity contribution >= 4 is 11.6 Å². The number of hydrogen-bond donors (Lipinski definition) is 0. The smallest absolute Gasteiger partial charge is 0.133 e. The Balaban J connectivity index is 2.79. The molecule has 0 spiro atoms. The maximum absolute atomic E-state index is 8.69. The molecule has 2 nitrogen and oxygen atoms in total. The van der Waals surface area contributed by atoms with Gasteiger partial charge in [0.05, 0.1) is 12.1 Å². The van der Waals surface area contributed by atoms with E-state index in [0.29, 0.717) is 11.4 Å². The third-order valence-electron chi connectivity index (χ3n) is 2.34. The highest BCUT2D eigenvalue weighted by atomic mass is 35.5. The van der Waals surface area contributed by atoms with Crippen molar-refractivity contribution in [2.24, 2.45) is 5.92 Å². The highest BCUT2D eigenvalue weighted by Gasteiger charge is 2.15. The van der Waals surface area contributed by atoms with Crippen molar-refractivity contribution in [3.05, 3.63) is 34.9 Å². The summed E-state index contributed by atoms with van der Waals surface area (Å²) in [6.07, 6.45) is 0.525. The second-order valence-corrected chi connectivity index (χ2v) is 3.88. The molecule has 1 aromatic rings. The van der Waals surface area contributed by atoms with Crippen LogP contribution < -0.4 is 0 Å². The summed E-state index contributed by atoms with van der Waals surface area (Å²) >= 11 is 6.02. The van der Waals surface area contributed by atoms with Crippen LogP contribution in [0.4, 0.5) is 0 Å². The first-order chi connectivity index (χ1) is 7.19. The molecule has 0 N–H and O–H groups in total. The van der Waals surface area contributed by atoms with Crippen LogP contribution in [0, 0.1) is 28.6 Å². The zero-order valence-corrected chi connectivity index (χ0v) is 9.20. The van der Waals surface area contributed by atoms with E-state index in [1.807, 2.05) is 43.3 Å². The van der Waals surface area contributed by atoms with Gasteiger partial charge in [-0.15, -0.1) is 0 Å². The van der Waals surface area contributed by atoms with Crippen molar-refractivity contribution in [2.75, 3.05) is 0 Å². The summed E-state index contributed by atoms with van der Waals surface area (Å²) in [5, 5.41) is 18.1. The Morgan fingerprint density at radius 3 is 2.40 bits per heavy atom. The van der Waals surface area contributed by atoms with Gasteiger partial charge in [0.15, 0.2) is 0 Å². The lowest BCUT2D eigenvalue weighted by Gasteiger charge is -2.13. The number of rotatable bonds is 3.